The van der Waals surface area contributed by atoms with Gasteiger partial charge in [0.1, 0.15) is 176 Å². The van der Waals surface area contributed by atoms with Crippen molar-refractivity contribution in [2.24, 2.45) is 5.92 Å². The van der Waals surface area contributed by atoms with E-state index in [4.69, 9.17) is 75.8 Å². The normalized spacial score (nSPS) is 44.9. The SMILES string of the molecule is CN[C@H](CSCC1O[C@H]2O[C@@H]3C(CO)O[C@H](O[C@@H]4C(CO)O[C@H](O[C@@H]5C(CO)O[C@H](O[C@@H]6C(CSC[C@@H](CC(=O)CCOCCOCCC(C)=O)C(=O)O)O[C@@H](O[C@@H]7C(CO)O[C@@H](O[C@@H]8C(CO)O[C@@H](O[C@H]1[C@H](O)C2O)C(O)[C@H]8O)C(O)[C@H]7O)C(O)[C@H]6O)C(O)[C@H]5O)C(O)[C@H]4O)C(O)[C@H]3O)C(=O)O. The number of aliphatic carboxylic acids is 2. The summed E-state index contributed by atoms with van der Waals surface area (Å²) in [7, 11) is 1.35. The fraction of sp³-hybridized carbons (Fsp3) is 0.932. The van der Waals surface area contributed by atoms with E-state index < -0.39 is 290 Å². The zero-order valence-electron chi connectivity index (χ0n) is 55.5. The average molecular weight is 1540 g/mol. The number of hydrogen-bond acceptors (Lipinski definition) is 42. The van der Waals surface area contributed by atoms with Crippen molar-refractivity contribution in [3.63, 3.8) is 0 Å². The van der Waals surface area contributed by atoms with Crippen LogP contribution in [0.5, 0.6) is 0 Å². The Balaban J connectivity index is 1.08. The number of carbonyl (C=O) groups excluding carboxylic acids is 2. The first-order valence-electron chi connectivity index (χ1n) is 33.2. The number of carboxylic acids is 2. The van der Waals surface area contributed by atoms with Gasteiger partial charge in [0.15, 0.2) is 44.0 Å². The largest absolute Gasteiger partial charge is 0.481 e. The van der Waals surface area contributed by atoms with Crippen LogP contribution in [0.3, 0.4) is 0 Å². The van der Waals surface area contributed by atoms with Gasteiger partial charge in [-0.3, -0.25) is 19.2 Å². The molecule has 0 radical (unpaired) electrons. The van der Waals surface area contributed by atoms with Crippen molar-refractivity contribution in [3.8, 4) is 0 Å². The second-order valence-corrected chi connectivity index (χ2v) is 27.9. The Labute approximate surface area is 595 Å². The van der Waals surface area contributed by atoms with Crippen molar-refractivity contribution in [3.05, 3.63) is 0 Å². The van der Waals surface area contributed by atoms with E-state index in [1.807, 2.05) is 0 Å². The van der Waals surface area contributed by atoms with Crippen LogP contribution < -0.4 is 5.32 Å². The predicted octanol–water partition coefficient (Wildman–Crippen LogP) is -13.0. The van der Waals surface area contributed by atoms with E-state index in [0.717, 1.165) is 23.5 Å². The maximum atomic E-state index is 13.0. The number of thioether (sulfide) groups is 2. The molecule has 0 aliphatic carbocycles. The van der Waals surface area contributed by atoms with Gasteiger partial charge in [-0.25, -0.2) is 0 Å². The van der Waals surface area contributed by atoms with Crippen molar-refractivity contribution < 1.29 is 202 Å². The second-order valence-electron chi connectivity index (χ2n) is 25.7. The minimum Gasteiger partial charge on any atom is -0.481 e. The highest BCUT2D eigenvalue weighted by Crippen LogP contribution is 2.40. The minimum atomic E-state index is -2.31. The van der Waals surface area contributed by atoms with Crippen LogP contribution in [0.2, 0.25) is 0 Å². The average Bonchev–Trinajstić information content (AvgIpc) is 0.785. The lowest BCUT2D eigenvalue weighted by Crippen LogP contribution is -2.68. The molecule has 0 saturated carbocycles. The summed E-state index contributed by atoms with van der Waals surface area (Å²) >= 11 is 1.66. The standard InChI is InChI=1S/C59H97NO41S2/c1-19(66)3-5-86-7-8-87-6-4-21(67)9-20(51(82)83)15-102-17-28-49-35(73)42(80)58(93-28)98-47-26(13-64)89-55(38(76)31(47)69)97-46-25(12-63)92-57(41(79)34(46)72)101-50-29(18-103-16-22(60-2)52(84)85)94-59(43(81)36(50)74)99-48-27(14-65)90-54(39(77)32(48)70)95-44-23(10-61)88-53(37(75)30(44)68)96-45-24(11-62)91-56(100-49)40(78)33(45)71/h20,22-50,53-65,68-81H,3-18H2,1-2H3,(H,82,83)(H,84,85)/t20-,22-,23?,24?,25?,26?,27?,28?,29?,30-,31-,32-,33-,34-,35-,36-,37?,38?,39?,40?,41?,42?,43?,44-,45-,46-,47-,48-,49-,50-,53-,54-,55+,56-,57+,58+,59+/m1/s1. The Morgan fingerprint density at radius 2 is 0.602 bits per heavy atom. The van der Waals surface area contributed by atoms with Crippen molar-refractivity contribution in [2.75, 3.05) is 89.5 Å². The number of carbonyl (C=O) groups is 4. The van der Waals surface area contributed by atoms with Crippen LogP contribution in [0.25, 0.3) is 0 Å². The molecule has 37 atom stereocenters. The molecule has 0 spiro atoms. The third-order valence-corrected chi connectivity index (χ3v) is 20.9. The molecule has 44 heteroatoms. The zero-order valence-corrected chi connectivity index (χ0v) is 57.2. The fourth-order valence-corrected chi connectivity index (χ4v) is 15.0. The molecular formula is C59H97NO41S2. The summed E-state index contributed by atoms with van der Waals surface area (Å²) in [6.07, 6.45) is -73.1. The number of likely N-dealkylation sites (N-methyl/N-ethyl adjacent to an activating group) is 1. The maximum Gasteiger partial charge on any atom is 0.321 e. The number of Topliss-reactive ketones (excluding diaryl/α,β-unsaturated/α-hetero) is 2. The predicted molar refractivity (Wildman–Crippen MR) is 332 cm³/mol. The Hall–Kier alpha value is -2.46. The Morgan fingerprint density at radius 1 is 0.350 bits per heavy atom. The van der Waals surface area contributed by atoms with Gasteiger partial charge in [-0.15, -0.1) is 0 Å². The summed E-state index contributed by atoms with van der Waals surface area (Å²) in [4.78, 5) is 48.7. The summed E-state index contributed by atoms with van der Waals surface area (Å²) in [5.74, 6) is -6.08. The Bertz CT molecular complexity index is 2610. The van der Waals surface area contributed by atoms with Gasteiger partial charge in [0.25, 0.3) is 0 Å². The number of ether oxygens (including phenoxy) is 16. The van der Waals surface area contributed by atoms with E-state index in [1.165, 1.54) is 14.0 Å². The van der Waals surface area contributed by atoms with E-state index in [1.54, 1.807) is 0 Å². The molecule has 42 nitrogen and oxygen atoms in total. The lowest BCUT2D eigenvalue weighted by Gasteiger charge is -2.50. The Morgan fingerprint density at radius 3 is 0.845 bits per heavy atom. The number of carboxylic acid groups (broad SMARTS) is 2. The molecule has 21 heterocycles. The van der Waals surface area contributed by atoms with E-state index in [2.05, 4.69) is 5.32 Å². The van der Waals surface area contributed by atoms with Crippen LogP contribution in [0.1, 0.15) is 26.2 Å². The molecule has 21 fully saturated rings. The number of rotatable bonds is 27. The summed E-state index contributed by atoms with van der Waals surface area (Å²) in [5.41, 5.74) is 0. The molecule has 14 unspecified atom stereocenters. The van der Waals surface area contributed by atoms with E-state index >= 15 is 0 Å². The third-order valence-electron chi connectivity index (χ3n) is 18.6. The summed E-state index contributed by atoms with van der Waals surface area (Å²) in [6, 6.07) is -1.18. The van der Waals surface area contributed by atoms with E-state index in [9.17, 15) is 126 Å². The molecule has 22 N–H and O–H groups in total. The van der Waals surface area contributed by atoms with Gasteiger partial charge in [0, 0.05) is 42.3 Å². The maximum absolute atomic E-state index is 13.0. The van der Waals surface area contributed by atoms with Crippen LogP contribution in [0, 0.1) is 5.92 Å². The number of aliphatic hydroxyl groups is 19. The number of nitrogens with one attached hydrogen (secondary N) is 1. The van der Waals surface area contributed by atoms with E-state index in [0.29, 0.717) is 0 Å². The van der Waals surface area contributed by atoms with Crippen LogP contribution in [-0.2, 0) is 95.0 Å². The van der Waals surface area contributed by atoms with Crippen molar-refractivity contribution in [1.82, 2.24) is 5.32 Å². The van der Waals surface area contributed by atoms with Crippen LogP contribution >= 0.6 is 23.5 Å². The van der Waals surface area contributed by atoms with Crippen molar-refractivity contribution in [1.29, 1.82) is 0 Å². The molecule has 596 valence electrons. The molecule has 0 aromatic carbocycles. The first-order chi connectivity index (χ1) is 49.0. The molecule has 103 heavy (non-hydrogen) atoms. The van der Waals surface area contributed by atoms with Crippen LogP contribution in [0.4, 0.5) is 0 Å². The molecule has 21 aliphatic heterocycles. The smallest absolute Gasteiger partial charge is 0.321 e. The van der Waals surface area contributed by atoms with Crippen LogP contribution in [-0.4, -0.2) is 441 Å². The summed E-state index contributed by atoms with van der Waals surface area (Å²) in [6.45, 7) is -3.91. The fourth-order valence-electron chi connectivity index (χ4n) is 12.6. The Kier molecular flexibility index (Phi) is 33.4. The molecule has 21 saturated heterocycles. The third kappa shape index (κ3) is 21.0. The first kappa shape index (κ1) is 86.1. The van der Waals surface area contributed by atoms with Crippen LogP contribution in [0.15, 0.2) is 0 Å². The highest BCUT2D eigenvalue weighted by Gasteiger charge is 2.60. The molecule has 21 aliphatic rings. The lowest BCUT2D eigenvalue weighted by molar-refractivity contribution is -0.395. The van der Waals surface area contributed by atoms with Gasteiger partial charge < -0.3 is 188 Å². The van der Waals surface area contributed by atoms with Gasteiger partial charge in [0.2, 0.25) is 0 Å². The summed E-state index contributed by atoms with van der Waals surface area (Å²) in [5, 5.41) is 239. The second kappa shape index (κ2) is 40.0. The van der Waals surface area contributed by atoms with E-state index in [-0.39, 0.29) is 62.3 Å². The van der Waals surface area contributed by atoms with Crippen molar-refractivity contribution in [2.45, 2.75) is 247 Å². The summed E-state index contributed by atoms with van der Waals surface area (Å²) < 4.78 is 93.3. The van der Waals surface area contributed by atoms with Crippen molar-refractivity contribution >= 4 is 47.0 Å². The van der Waals surface area contributed by atoms with Gasteiger partial charge in [-0.2, -0.15) is 23.5 Å². The molecule has 0 aromatic heterocycles. The monoisotopic (exact) mass is 1540 g/mol. The molecule has 14 bridgehead atoms. The van der Waals surface area contributed by atoms with Gasteiger partial charge in [-0.1, -0.05) is 0 Å². The lowest BCUT2D eigenvalue weighted by atomic mass is 9.95. The van der Waals surface area contributed by atoms with Gasteiger partial charge >= 0.3 is 11.9 Å². The molecule has 0 aromatic rings. The van der Waals surface area contributed by atoms with Gasteiger partial charge in [-0.05, 0) is 14.0 Å². The zero-order chi connectivity index (χ0) is 75.4. The highest BCUT2D eigenvalue weighted by atomic mass is 32.2. The van der Waals surface area contributed by atoms with Gasteiger partial charge in [0.05, 0.1) is 77.6 Å². The quantitative estimate of drug-likeness (QED) is 0.0340. The number of ketones is 2. The number of hydrogen-bond donors (Lipinski definition) is 22. The minimum absolute atomic E-state index is 0.0645. The molecule has 21 rings (SSSR count). The first-order valence-corrected chi connectivity index (χ1v) is 35.5. The molecular weight excluding hydrogens is 1440 g/mol. The topological polar surface area (TPSA) is 653 Å². The molecule has 0 amide bonds. The highest BCUT2D eigenvalue weighted by molar-refractivity contribution is 7.99. The number of aliphatic hydroxyl groups excluding tert-OH is 19.